The average molecular weight is 239 g/mol. The van der Waals surface area contributed by atoms with Crippen molar-refractivity contribution < 1.29 is 22.8 Å². The number of esters is 1. The van der Waals surface area contributed by atoms with E-state index < -0.39 is 21.6 Å². The first-order valence-electron chi connectivity index (χ1n) is 4.40. The summed E-state index contributed by atoms with van der Waals surface area (Å²) in [5, 5.41) is 0. The highest BCUT2D eigenvalue weighted by Crippen LogP contribution is 2.05. The summed E-state index contributed by atoms with van der Waals surface area (Å²) < 4.78 is 26.8. The molecule has 0 saturated heterocycles. The monoisotopic (exact) mass is 239 g/mol. The maximum atomic E-state index is 11.3. The molecule has 1 N–H and O–H groups in total. The fourth-order valence-corrected chi connectivity index (χ4v) is 1.45. The van der Waals surface area contributed by atoms with Gasteiger partial charge in [-0.1, -0.05) is 4.89 Å². The summed E-state index contributed by atoms with van der Waals surface area (Å²) in [5.74, 6) is -0.924. The smallest absolute Gasteiger partial charge is 0.306 e. The van der Waals surface area contributed by atoms with Gasteiger partial charge in [-0.25, -0.2) is 8.42 Å². The van der Waals surface area contributed by atoms with E-state index in [4.69, 9.17) is 4.84 Å². The summed E-state index contributed by atoms with van der Waals surface area (Å²) >= 11 is 0. The van der Waals surface area contributed by atoms with E-state index in [-0.39, 0.29) is 12.2 Å². The van der Waals surface area contributed by atoms with Crippen LogP contribution in [0.4, 0.5) is 0 Å². The topological polar surface area (TPSA) is 81.7 Å². The molecule has 0 rings (SSSR count). The van der Waals surface area contributed by atoms with Gasteiger partial charge in [0.1, 0.15) is 0 Å². The summed E-state index contributed by atoms with van der Waals surface area (Å²) in [7, 11) is -2.39. The van der Waals surface area contributed by atoms with Gasteiger partial charge in [0.25, 0.3) is 0 Å². The van der Waals surface area contributed by atoms with Crippen molar-refractivity contribution in [2.24, 2.45) is 0 Å². The fraction of sp³-hybridized carbons (Fsp3) is 0.875. The highest BCUT2D eigenvalue weighted by molar-refractivity contribution is 7.89. The van der Waals surface area contributed by atoms with Crippen LogP contribution in [-0.4, -0.2) is 32.9 Å². The lowest BCUT2D eigenvalue weighted by Gasteiger charge is -2.18. The van der Waals surface area contributed by atoms with Crippen LogP contribution in [-0.2, 0) is 24.4 Å². The lowest BCUT2D eigenvalue weighted by Crippen LogP contribution is -2.35. The highest BCUT2D eigenvalue weighted by Gasteiger charge is 2.18. The van der Waals surface area contributed by atoms with Crippen LogP contribution in [0.15, 0.2) is 0 Å². The van der Waals surface area contributed by atoms with Crippen molar-refractivity contribution >= 4 is 16.0 Å². The van der Waals surface area contributed by atoms with Gasteiger partial charge in [-0.2, -0.15) is 0 Å². The third-order valence-corrected chi connectivity index (χ3v) is 2.36. The number of hydrogen-bond acceptors (Lipinski definition) is 5. The Labute approximate surface area is 89.9 Å². The van der Waals surface area contributed by atoms with Gasteiger partial charge in [-0.3, -0.25) is 9.63 Å². The highest BCUT2D eigenvalue weighted by atomic mass is 32.2. The molecule has 7 heteroatoms. The predicted molar refractivity (Wildman–Crippen MR) is 54.4 cm³/mol. The molecule has 0 aromatic heterocycles. The van der Waals surface area contributed by atoms with Gasteiger partial charge in [0.15, 0.2) is 0 Å². The number of methoxy groups -OCH3 is 1. The van der Waals surface area contributed by atoms with Crippen LogP contribution in [0.25, 0.3) is 0 Å². The minimum absolute atomic E-state index is 0.195. The molecular formula is C8H17NO5S. The van der Waals surface area contributed by atoms with Crippen molar-refractivity contribution in [2.75, 3.05) is 12.9 Å². The number of carbonyl (C=O) groups excluding carboxylic acids is 1. The normalized spacial score (nSPS) is 12.5. The van der Waals surface area contributed by atoms with E-state index in [1.54, 1.807) is 20.8 Å². The van der Waals surface area contributed by atoms with Crippen LogP contribution in [0.5, 0.6) is 0 Å². The maximum absolute atomic E-state index is 11.3. The summed E-state index contributed by atoms with van der Waals surface area (Å²) in [4.78, 5) is 17.5. The van der Waals surface area contributed by atoms with E-state index in [1.165, 1.54) is 7.11 Å². The number of sulfonamides is 1. The van der Waals surface area contributed by atoms with Crippen LogP contribution in [0.1, 0.15) is 27.2 Å². The zero-order valence-corrected chi connectivity index (χ0v) is 10.2. The molecule has 0 radical (unpaired) electrons. The molecule has 0 amide bonds. The molecular weight excluding hydrogens is 222 g/mol. The molecule has 0 aromatic carbocycles. The van der Waals surface area contributed by atoms with Crippen molar-refractivity contribution in [3.8, 4) is 0 Å². The molecule has 0 aliphatic carbocycles. The van der Waals surface area contributed by atoms with Gasteiger partial charge in [0.05, 0.1) is 24.9 Å². The zero-order valence-electron chi connectivity index (χ0n) is 9.36. The number of nitrogens with one attached hydrogen (secondary N) is 1. The summed E-state index contributed by atoms with van der Waals surface area (Å²) in [6.45, 7) is 5.11. The first-order chi connectivity index (χ1) is 6.66. The Morgan fingerprint density at radius 3 is 2.27 bits per heavy atom. The van der Waals surface area contributed by atoms with Crippen molar-refractivity contribution in [1.82, 2.24) is 4.89 Å². The van der Waals surface area contributed by atoms with Crippen molar-refractivity contribution in [3.05, 3.63) is 0 Å². The summed E-state index contributed by atoms with van der Waals surface area (Å²) in [5.41, 5.74) is -0.613. The SMILES string of the molecule is COC(=O)CCS(=O)(=O)NOC(C)(C)C. The van der Waals surface area contributed by atoms with E-state index in [0.717, 1.165) is 0 Å². The molecule has 0 atom stereocenters. The molecule has 0 heterocycles. The predicted octanol–water partition coefficient (Wildman–Crippen LogP) is 0.199. The Hall–Kier alpha value is -0.660. The molecule has 0 aromatic rings. The lowest BCUT2D eigenvalue weighted by atomic mass is 10.2. The zero-order chi connectivity index (χ0) is 12.1. The van der Waals surface area contributed by atoms with Crippen molar-refractivity contribution in [1.29, 1.82) is 0 Å². The molecule has 0 aliphatic rings. The van der Waals surface area contributed by atoms with Gasteiger partial charge in [0.2, 0.25) is 10.0 Å². The molecule has 0 unspecified atom stereocenters. The molecule has 0 bridgehead atoms. The Kier molecular flexibility index (Phi) is 5.19. The van der Waals surface area contributed by atoms with E-state index >= 15 is 0 Å². The van der Waals surface area contributed by atoms with Gasteiger partial charge < -0.3 is 4.74 Å². The molecule has 0 aliphatic heterocycles. The van der Waals surface area contributed by atoms with Gasteiger partial charge >= 0.3 is 5.97 Å². The van der Waals surface area contributed by atoms with Crippen LogP contribution < -0.4 is 4.89 Å². The van der Waals surface area contributed by atoms with E-state index in [2.05, 4.69) is 4.74 Å². The third-order valence-electron chi connectivity index (χ3n) is 1.28. The standard InChI is InChI=1S/C8H17NO5S/c1-8(2,3)14-9-15(11,12)6-5-7(10)13-4/h9H,5-6H2,1-4H3. The number of ether oxygens (including phenoxy) is 1. The fourth-order valence-electron chi connectivity index (χ4n) is 0.550. The van der Waals surface area contributed by atoms with E-state index in [1.807, 2.05) is 4.89 Å². The Morgan fingerprint density at radius 1 is 1.33 bits per heavy atom. The van der Waals surface area contributed by atoms with E-state index in [0.29, 0.717) is 0 Å². The Morgan fingerprint density at radius 2 is 1.87 bits per heavy atom. The molecule has 0 fully saturated rings. The first-order valence-corrected chi connectivity index (χ1v) is 6.06. The number of carbonyl (C=O) groups is 1. The average Bonchev–Trinajstić information content (AvgIpc) is 2.10. The summed E-state index contributed by atoms with van der Waals surface area (Å²) in [6, 6.07) is 0. The molecule has 90 valence electrons. The maximum Gasteiger partial charge on any atom is 0.306 e. The van der Waals surface area contributed by atoms with Crippen molar-refractivity contribution in [2.45, 2.75) is 32.8 Å². The first kappa shape index (κ1) is 14.3. The molecule has 15 heavy (non-hydrogen) atoms. The van der Waals surface area contributed by atoms with Crippen LogP contribution in [0.3, 0.4) is 0 Å². The lowest BCUT2D eigenvalue weighted by molar-refractivity contribution is -0.140. The quantitative estimate of drug-likeness (QED) is 0.547. The second-order valence-corrected chi connectivity index (χ2v) is 5.75. The Balaban J connectivity index is 4.04. The van der Waals surface area contributed by atoms with Crippen LogP contribution in [0, 0.1) is 0 Å². The largest absolute Gasteiger partial charge is 0.469 e. The molecule has 0 saturated carbocycles. The van der Waals surface area contributed by atoms with Gasteiger partial charge in [-0.05, 0) is 20.8 Å². The van der Waals surface area contributed by atoms with E-state index in [9.17, 15) is 13.2 Å². The molecule has 0 spiro atoms. The minimum atomic E-state index is -3.59. The summed E-state index contributed by atoms with van der Waals surface area (Å²) in [6.07, 6.45) is -0.195. The molecule has 6 nitrogen and oxygen atoms in total. The number of hydrogen-bond donors (Lipinski definition) is 1. The minimum Gasteiger partial charge on any atom is -0.469 e. The number of rotatable bonds is 5. The van der Waals surface area contributed by atoms with Crippen molar-refractivity contribution in [3.63, 3.8) is 0 Å². The Bertz CT molecular complexity index is 303. The van der Waals surface area contributed by atoms with Crippen LogP contribution in [0.2, 0.25) is 0 Å². The third kappa shape index (κ3) is 8.34. The second-order valence-electron chi connectivity index (χ2n) is 3.94. The van der Waals surface area contributed by atoms with Gasteiger partial charge in [0, 0.05) is 0 Å². The van der Waals surface area contributed by atoms with Crippen LogP contribution >= 0.6 is 0 Å². The van der Waals surface area contributed by atoms with Gasteiger partial charge in [-0.15, -0.1) is 0 Å². The second kappa shape index (κ2) is 5.43.